The molecule has 1 saturated carbocycles. The number of rotatable bonds is 4. The number of aliphatic hydroxyl groups is 1. The van der Waals surface area contributed by atoms with Gasteiger partial charge in [-0.05, 0) is 32.6 Å². The second-order valence-corrected chi connectivity index (χ2v) is 4.58. The highest BCUT2D eigenvalue weighted by Crippen LogP contribution is 2.28. The lowest BCUT2D eigenvalue weighted by Gasteiger charge is -2.29. The number of carbonyl (C=O) groups is 3. The third-order valence-electron chi connectivity index (χ3n) is 2.99. The van der Waals surface area contributed by atoms with E-state index < -0.39 is 30.1 Å². The normalized spacial score (nSPS) is 17.4. The average Bonchev–Trinajstić information content (AvgIpc) is 2.37. The second-order valence-electron chi connectivity index (χ2n) is 4.58. The first-order chi connectivity index (χ1) is 8.98. The Labute approximate surface area is 111 Å². The lowest BCUT2D eigenvalue weighted by molar-refractivity contribution is -0.170. The minimum Gasteiger partial charge on any atom is -0.453 e. The minimum atomic E-state index is -1.48. The Balaban J connectivity index is 2.33. The number of carbonyl (C=O) groups excluding carboxylic acids is 3. The Hall–Kier alpha value is -1.63. The molecule has 108 valence electrons. The highest BCUT2D eigenvalue weighted by Gasteiger charge is 2.38. The molecule has 1 aliphatic rings. The van der Waals surface area contributed by atoms with Gasteiger partial charge in [-0.25, -0.2) is 9.59 Å². The molecule has 3 N–H and O–H groups in total. The van der Waals surface area contributed by atoms with Gasteiger partial charge in [0, 0.05) is 6.54 Å². The van der Waals surface area contributed by atoms with Gasteiger partial charge in [0.05, 0.1) is 0 Å². The third-order valence-corrected chi connectivity index (χ3v) is 2.99. The predicted molar refractivity (Wildman–Crippen MR) is 66.2 cm³/mol. The number of amides is 3. The maximum Gasteiger partial charge on any atom is 0.338 e. The largest absolute Gasteiger partial charge is 0.453 e. The minimum absolute atomic E-state index is 0.351. The van der Waals surface area contributed by atoms with E-state index in [9.17, 15) is 19.5 Å². The van der Waals surface area contributed by atoms with Crippen molar-refractivity contribution in [3.63, 3.8) is 0 Å². The van der Waals surface area contributed by atoms with E-state index in [0.717, 1.165) is 19.3 Å². The highest BCUT2D eigenvalue weighted by atomic mass is 16.6. The van der Waals surface area contributed by atoms with Gasteiger partial charge in [-0.3, -0.25) is 10.1 Å². The summed E-state index contributed by atoms with van der Waals surface area (Å²) in [5, 5.41) is 14.4. The molecule has 0 aromatic heterocycles. The van der Waals surface area contributed by atoms with Crippen LogP contribution in [0.4, 0.5) is 4.79 Å². The van der Waals surface area contributed by atoms with Crippen LogP contribution in [0.15, 0.2) is 0 Å². The van der Waals surface area contributed by atoms with Crippen molar-refractivity contribution >= 4 is 17.9 Å². The monoisotopic (exact) mass is 272 g/mol. The van der Waals surface area contributed by atoms with E-state index in [1.807, 2.05) is 5.32 Å². The number of urea groups is 1. The fraction of sp³-hybridized carbons (Fsp3) is 0.750. The maximum absolute atomic E-state index is 11.7. The van der Waals surface area contributed by atoms with E-state index in [0.29, 0.717) is 19.4 Å². The van der Waals surface area contributed by atoms with Crippen LogP contribution < -0.4 is 10.6 Å². The first-order valence-electron chi connectivity index (χ1n) is 6.45. The van der Waals surface area contributed by atoms with Crippen LogP contribution in [0.1, 0.15) is 39.0 Å². The summed E-state index contributed by atoms with van der Waals surface area (Å²) in [6.07, 6.45) is 3.20. The van der Waals surface area contributed by atoms with E-state index in [-0.39, 0.29) is 0 Å². The molecular formula is C12H20N2O5. The molecule has 19 heavy (non-hydrogen) atoms. The fourth-order valence-corrected chi connectivity index (χ4v) is 1.97. The van der Waals surface area contributed by atoms with Gasteiger partial charge in [-0.1, -0.05) is 6.42 Å². The van der Waals surface area contributed by atoms with Gasteiger partial charge < -0.3 is 15.2 Å². The lowest BCUT2D eigenvalue weighted by atomic mass is 9.85. The highest BCUT2D eigenvalue weighted by molar-refractivity contribution is 5.95. The zero-order valence-electron chi connectivity index (χ0n) is 11.0. The van der Waals surface area contributed by atoms with Crippen molar-refractivity contribution in [2.24, 2.45) is 0 Å². The molecule has 0 aromatic rings. The number of imide groups is 1. The molecule has 0 heterocycles. The molecule has 0 aromatic carbocycles. The summed E-state index contributed by atoms with van der Waals surface area (Å²) in [7, 11) is 0. The average molecular weight is 272 g/mol. The molecular weight excluding hydrogens is 252 g/mol. The van der Waals surface area contributed by atoms with Crippen LogP contribution in [0.25, 0.3) is 0 Å². The SMILES string of the molecule is CCNC(=O)NC(=O)COC(=O)C1(O)CCCCC1. The van der Waals surface area contributed by atoms with Crippen LogP contribution in [0.5, 0.6) is 0 Å². The molecule has 0 bridgehead atoms. The summed E-state index contributed by atoms with van der Waals surface area (Å²) in [6.45, 7) is 1.53. The molecule has 3 amide bonds. The Kier molecular flexibility index (Phi) is 5.75. The number of ether oxygens (including phenoxy) is 1. The number of nitrogens with one attached hydrogen (secondary N) is 2. The summed E-state index contributed by atoms with van der Waals surface area (Å²) in [5.74, 6) is -1.52. The smallest absolute Gasteiger partial charge is 0.338 e. The van der Waals surface area contributed by atoms with Crippen LogP contribution in [0.2, 0.25) is 0 Å². The standard InChI is InChI=1S/C12H20N2O5/c1-2-13-11(17)14-9(15)8-19-10(16)12(18)6-4-3-5-7-12/h18H,2-8H2,1H3,(H2,13,14,15,17). The van der Waals surface area contributed by atoms with Gasteiger partial charge in [0.2, 0.25) is 0 Å². The van der Waals surface area contributed by atoms with Crippen molar-refractivity contribution in [2.75, 3.05) is 13.2 Å². The Morgan fingerprint density at radius 3 is 2.42 bits per heavy atom. The molecule has 0 atom stereocenters. The molecule has 1 fully saturated rings. The van der Waals surface area contributed by atoms with Crippen LogP contribution in [-0.2, 0) is 14.3 Å². The summed E-state index contributed by atoms with van der Waals surface area (Å²) in [6, 6.07) is -0.639. The number of hydrogen-bond donors (Lipinski definition) is 3. The number of esters is 1. The summed E-state index contributed by atoms with van der Waals surface area (Å²) in [4.78, 5) is 34.0. The van der Waals surface area contributed by atoms with Crippen molar-refractivity contribution in [2.45, 2.75) is 44.6 Å². The van der Waals surface area contributed by atoms with Gasteiger partial charge >= 0.3 is 12.0 Å². The lowest BCUT2D eigenvalue weighted by Crippen LogP contribution is -2.45. The van der Waals surface area contributed by atoms with Crippen molar-refractivity contribution in [1.82, 2.24) is 10.6 Å². The summed E-state index contributed by atoms with van der Waals surface area (Å²) in [5.41, 5.74) is -1.48. The zero-order chi connectivity index (χ0) is 14.3. The molecule has 0 saturated heterocycles. The summed E-state index contributed by atoms with van der Waals surface area (Å²) < 4.78 is 4.74. The molecule has 7 heteroatoms. The Morgan fingerprint density at radius 1 is 1.21 bits per heavy atom. The van der Waals surface area contributed by atoms with E-state index in [1.54, 1.807) is 6.92 Å². The second kappa shape index (κ2) is 7.08. The molecule has 0 unspecified atom stereocenters. The van der Waals surface area contributed by atoms with E-state index in [2.05, 4.69) is 5.32 Å². The van der Waals surface area contributed by atoms with Crippen molar-refractivity contribution in [3.8, 4) is 0 Å². The summed E-state index contributed by atoms with van der Waals surface area (Å²) >= 11 is 0. The zero-order valence-corrected chi connectivity index (χ0v) is 11.0. The van der Waals surface area contributed by atoms with Gasteiger partial charge in [0.15, 0.2) is 12.2 Å². The van der Waals surface area contributed by atoms with Crippen molar-refractivity contribution < 1.29 is 24.2 Å². The molecule has 0 radical (unpaired) electrons. The van der Waals surface area contributed by atoms with Gasteiger partial charge in [-0.2, -0.15) is 0 Å². The maximum atomic E-state index is 11.7. The quantitative estimate of drug-likeness (QED) is 0.628. The Morgan fingerprint density at radius 2 is 1.84 bits per heavy atom. The first-order valence-corrected chi connectivity index (χ1v) is 6.45. The van der Waals surface area contributed by atoms with E-state index in [4.69, 9.17) is 4.74 Å². The Bertz CT molecular complexity index is 350. The van der Waals surface area contributed by atoms with E-state index >= 15 is 0 Å². The molecule has 7 nitrogen and oxygen atoms in total. The van der Waals surface area contributed by atoms with Crippen LogP contribution in [0.3, 0.4) is 0 Å². The van der Waals surface area contributed by atoms with Crippen LogP contribution in [0, 0.1) is 0 Å². The van der Waals surface area contributed by atoms with Gasteiger partial charge in [-0.15, -0.1) is 0 Å². The predicted octanol–water partition coefficient (Wildman–Crippen LogP) is 0.0705. The van der Waals surface area contributed by atoms with Gasteiger partial charge in [0.1, 0.15) is 0 Å². The molecule has 1 rings (SSSR count). The topological polar surface area (TPSA) is 105 Å². The molecule has 0 spiro atoms. The molecule has 0 aliphatic heterocycles. The van der Waals surface area contributed by atoms with E-state index in [1.165, 1.54) is 0 Å². The van der Waals surface area contributed by atoms with Gasteiger partial charge in [0.25, 0.3) is 5.91 Å². The van der Waals surface area contributed by atoms with Crippen LogP contribution in [-0.4, -0.2) is 41.8 Å². The third kappa shape index (κ3) is 4.86. The fourth-order valence-electron chi connectivity index (χ4n) is 1.97. The van der Waals surface area contributed by atoms with Crippen molar-refractivity contribution in [3.05, 3.63) is 0 Å². The molecule has 1 aliphatic carbocycles. The first kappa shape index (κ1) is 15.4. The van der Waals surface area contributed by atoms with Crippen LogP contribution >= 0.6 is 0 Å². The number of hydrogen-bond acceptors (Lipinski definition) is 5. The van der Waals surface area contributed by atoms with Crippen molar-refractivity contribution in [1.29, 1.82) is 0 Å².